The first-order valence-corrected chi connectivity index (χ1v) is 4.67. The molecule has 0 saturated carbocycles. The third-order valence-electron chi connectivity index (χ3n) is 2.11. The maximum atomic E-state index is 13.0. The third kappa shape index (κ3) is 2.79. The first kappa shape index (κ1) is 12.2. The lowest BCUT2D eigenvalue weighted by molar-refractivity contribution is -0.141. The van der Waals surface area contributed by atoms with Crippen molar-refractivity contribution in [2.75, 3.05) is 0 Å². The second-order valence-corrected chi connectivity index (χ2v) is 3.48. The summed E-state index contributed by atoms with van der Waals surface area (Å²) in [5.74, 6) is -2.04. The second kappa shape index (κ2) is 4.74. The molecule has 0 unspecified atom stereocenters. The lowest BCUT2D eigenvalue weighted by Gasteiger charge is -2.14. The van der Waals surface area contributed by atoms with Gasteiger partial charge in [-0.05, 0) is 24.1 Å². The molecule has 5 heteroatoms. The van der Waals surface area contributed by atoms with Crippen LogP contribution in [0.4, 0.5) is 4.39 Å². The van der Waals surface area contributed by atoms with Crippen LogP contribution in [-0.2, 0) is 9.59 Å². The molecule has 0 spiro atoms. The minimum Gasteiger partial charge on any atom is -0.479 e. The van der Waals surface area contributed by atoms with Crippen molar-refractivity contribution in [3.63, 3.8) is 0 Å². The van der Waals surface area contributed by atoms with Gasteiger partial charge in [-0.1, -0.05) is 12.1 Å². The van der Waals surface area contributed by atoms with E-state index < -0.39 is 23.7 Å². The van der Waals surface area contributed by atoms with E-state index in [0.717, 1.165) is 0 Å². The molecule has 4 nitrogen and oxygen atoms in total. The van der Waals surface area contributed by atoms with E-state index in [1.807, 2.05) is 0 Å². The lowest BCUT2D eigenvalue weighted by Crippen LogP contribution is -2.32. The summed E-state index contributed by atoms with van der Waals surface area (Å²) >= 11 is 0. The number of hydrogen-bond acceptors (Lipinski definition) is 2. The molecule has 0 radical (unpaired) electrons. The van der Waals surface area contributed by atoms with Gasteiger partial charge < -0.3 is 10.4 Å². The van der Waals surface area contributed by atoms with E-state index in [4.69, 9.17) is 5.11 Å². The Morgan fingerprint density at radius 3 is 2.50 bits per heavy atom. The molecule has 0 aliphatic heterocycles. The van der Waals surface area contributed by atoms with E-state index in [-0.39, 0.29) is 0 Å². The number of halogens is 1. The van der Waals surface area contributed by atoms with Crippen molar-refractivity contribution >= 4 is 11.9 Å². The highest BCUT2D eigenvalue weighted by molar-refractivity contribution is 5.83. The highest BCUT2D eigenvalue weighted by atomic mass is 19.1. The summed E-state index contributed by atoms with van der Waals surface area (Å²) in [5.41, 5.74) is 0.690. The van der Waals surface area contributed by atoms with Crippen molar-refractivity contribution in [2.24, 2.45) is 0 Å². The smallest absolute Gasteiger partial charge is 0.330 e. The number of carboxylic acids is 1. The molecular weight excluding hydrogens is 213 g/mol. The second-order valence-electron chi connectivity index (χ2n) is 3.48. The van der Waals surface area contributed by atoms with Crippen molar-refractivity contribution in [2.45, 2.75) is 19.9 Å². The van der Waals surface area contributed by atoms with Gasteiger partial charge in [0.1, 0.15) is 5.82 Å². The van der Waals surface area contributed by atoms with Gasteiger partial charge in [0.05, 0.1) is 0 Å². The normalized spacial score (nSPS) is 11.9. The highest BCUT2D eigenvalue weighted by Crippen LogP contribution is 2.17. The zero-order valence-electron chi connectivity index (χ0n) is 8.95. The van der Waals surface area contributed by atoms with Crippen LogP contribution in [0.3, 0.4) is 0 Å². The van der Waals surface area contributed by atoms with Crippen LogP contribution in [0.1, 0.15) is 24.1 Å². The first-order chi connectivity index (χ1) is 7.41. The van der Waals surface area contributed by atoms with Crippen LogP contribution in [0, 0.1) is 12.7 Å². The maximum Gasteiger partial charge on any atom is 0.330 e. The maximum absolute atomic E-state index is 13.0. The summed E-state index contributed by atoms with van der Waals surface area (Å²) in [4.78, 5) is 21.8. The topological polar surface area (TPSA) is 66.4 Å². The first-order valence-electron chi connectivity index (χ1n) is 4.67. The number of carbonyl (C=O) groups excluding carboxylic acids is 1. The number of carbonyl (C=O) groups is 2. The summed E-state index contributed by atoms with van der Waals surface area (Å²) < 4.78 is 13.0. The number of carboxylic acid groups (broad SMARTS) is 1. The molecule has 1 aromatic carbocycles. The molecule has 0 aliphatic carbocycles. The van der Waals surface area contributed by atoms with Crippen LogP contribution < -0.4 is 5.32 Å². The molecule has 2 N–H and O–H groups in total. The van der Waals surface area contributed by atoms with Crippen LogP contribution in [0.2, 0.25) is 0 Å². The molecule has 1 rings (SSSR count). The molecule has 0 bridgehead atoms. The number of nitrogens with one attached hydrogen (secondary N) is 1. The van der Waals surface area contributed by atoms with Gasteiger partial charge >= 0.3 is 5.97 Å². The molecule has 0 aromatic heterocycles. The van der Waals surface area contributed by atoms with E-state index >= 15 is 0 Å². The number of benzene rings is 1. The van der Waals surface area contributed by atoms with E-state index in [9.17, 15) is 14.0 Å². The number of aryl methyl sites for hydroxylation is 1. The average molecular weight is 225 g/mol. The van der Waals surface area contributed by atoms with Gasteiger partial charge in [0.2, 0.25) is 5.91 Å². The summed E-state index contributed by atoms with van der Waals surface area (Å²) in [6.45, 7) is 2.76. The Morgan fingerprint density at radius 2 is 2.06 bits per heavy atom. The van der Waals surface area contributed by atoms with E-state index in [0.29, 0.717) is 11.1 Å². The number of rotatable bonds is 3. The summed E-state index contributed by atoms with van der Waals surface area (Å²) in [6.07, 6.45) is 0. The summed E-state index contributed by atoms with van der Waals surface area (Å²) in [6, 6.07) is 2.79. The minimum atomic E-state index is -1.18. The molecule has 1 amide bonds. The van der Waals surface area contributed by atoms with E-state index in [1.54, 1.807) is 0 Å². The lowest BCUT2D eigenvalue weighted by atomic mass is 10.0. The van der Waals surface area contributed by atoms with Crippen LogP contribution in [0.5, 0.6) is 0 Å². The molecule has 0 heterocycles. The zero-order chi connectivity index (χ0) is 12.3. The molecule has 0 aliphatic rings. The standard InChI is InChI=1S/C11H12FNO3/c1-6-5-8(3-4-9(6)12)10(11(15)16)13-7(2)14/h3-5,10H,1-2H3,(H,13,14)(H,15,16)/t10-/m1/s1. The third-order valence-corrected chi connectivity index (χ3v) is 2.11. The minimum absolute atomic E-state index is 0.342. The fourth-order valence-electron chi connectivity index (χ4n) is 1.34. The molecule has 86 valence electrons. The zero-order valence-corrected chi connectivity index (χ0v) is 8.95. The van der Waals surface area contributed by atoms with Gasteiger partial charge in [-0.25, -0.2) is 9.18 Å². The predicted molar refractivity (Wildman–Crippen MR) is 55.3 cm³/mol. The van der Waals surface area contributed by atoms with Crippen molar-refractivity contribution in [1.29, 1.82) is 0 Å². The monoisotopic (exact) mass is 225 g/mol. The Hall–Kier alpha value is -1.91. The molecule has 0 fully saturated rings. The van der Waals surface area contributed by atoms with Crippen LogP contribution in [0.25, 0.3) is 0 Å². The highest BCUT2D eigenvalue weighted by Gasteiger charge is 2.21. The van der Waals surface area contributed by atoms with Gasteiger partial charge in [-0.2, -0.15) is 0 Å². The Bertz CT molecular complexity index is 431. The number of amides is 1. The Kier molecular flexibility index (Phi) is 3.60. The van der Waals surface area contributed by atoms with Crippen molar-refractivity contribution in [3.8, 4) is 0 Å². The summed E-state index contributed by atoms with van der Waals surface area (Å²) in [7, 11) is 0. The van der Waals surface area contributed by atoms with Crippen molar-refractivity contribution < 1.29 is 19.1 Å². The van der Waals surface area contributed by atoms with Gasteiger partial charge in [0.15, 0.2) is 6.04 Å². The van der Waals surface area contributed by atoms with Gasteiger partial charge in [-0.15, -0.1) is 0 Å². The molecule has 1 aromatic rings. The quantitative estimate of drug-likeness (QED) is 0.817. The van der Waals surface area contributed by atoms with Crippen LogP contribution in [0.15, 0.2) is 18.2 Å². The van der Waals surface area contributed by atoms with Crippen molar-refractivity contribution in [1.82, 2.24) is 5.32 Å². The average Bonchev–Trinajstić information content (AvgIpc) is 2.18. The molecule has 1 atom stereocenters. The van der Waals surface area contributed by atoms with Gasteiger partial charge in [0.25, 0.3) is 0 Å². The fraction of sp³-hybridized carbons (Fsp3) is 0.273. The Morgan fingerprint density at radius 1 is 1.44 bits per heavy atom. The molecule has 0 saturated heterocycles. The largest absolute Gasteiger partial charge is 0.479 e. The number of hydrogen-bond donors (Lipinski definition) is 2. The molecular formula is C11H12FNO3. The van der Waals surface area contributed by atoms with Gasteiger partial charge in [0, 0.05) is 6.92 Å². The summed E-state index contributed by atoms with van der Waals surface area (Å²) in [5, 5.41) is 11.2. The van der Waals surface area contributed by atoms with E-state index in [1.165, 1.54) is 32.0 Å². The van der Waals surface area contributed by atoms with Crippen molar-refractivity contribution in [3.05, 3.63) is 35.1 Å². The molecule has 16 heavy (non-hydrogen) atoms. The fourth-order valence-corrected chi connectivity index (χ4v) is 1.34. The van der Waals surface area contributed by atoms with E-state index in [2.05, 4.69) is 5.32 Å². The van der Waals surface area contributed by atoms with Crippen LogP contribution >= 0.6 is 0 Å². The number of aliphatic carboxylic acids is 1. The van der Waals surface area contributed by atoms with Gasteiger partial charge in [-0.3, -0.25) is 4.79 Å². The Labute approximate surface area is 92.1 Å². The Balaban J connectivity index is 3.06. The SMILES string of the molecule is CC(=O)N[C@@H](C(=O)O)c1ccc(F)c(C)c1. The predicted octanol–water partition coefficient (Wildman–Crippen LogP) is 1.40. The van der Waals surface area contributed by atoms with Crippen LogP contribution in [-0.4, -0.2) is 17.0 Å².